The van der Waals surface area contributed by atoms with Crippen LogP contribution in [0.4, 0.5) is 0 Å². The lowest BCUT2D eigenvalue weighted by atomic mass is 10.1. The summed E-state index contributed by atoms with van der Waals surface area (Å²) in [5, 5.41) is 1.69. The summed E-state index contributed by atoms with van der Waals surface area (Å²) in [6, 6.07) is 15.2. The van der Waals surface area contributed by atoms with E-state index < -0.39 is 0 Å². The highest BCUT2D eigenvalue weighted by Gasteiger charge is 2.13. The number of ether oxygens (including phenoxy) is 1. The molecular formula is C16H14ClNO2. The molecule has 0 spiro atoms. The first-order valence-corrected chi connectivity index (χ1v) is 6.73. The highest BCUT2D eigenvalue weighted by Crippen LogP contribution is 2.27. The Bertz CT molecular complexity index is 736. The average molecular weight is 288 g/mol. The van der Waals surface area contributed by atoms with Gasteiger partial charge in [0.1, 0.15) is 23.7 Å². The Balaban J connectivity index is 1.90. The van der Waals surface area contributed by atoms with Crippen molar-refractivity contribution in [3.05, 3.63) is 64.9 Å². The summed E-state index contributed by atoms with van der Waals surface area (Å²) in [5.74, 6) is 1.49. The minimum atomic E-state index is 0.350. The van der Waals surface area contributed by atoms with Gasteiger partial charge in [0.05, 0.1) is 6.54 Å². The van der Waals surface area contributed by atoms with Crippen LogP contribution >= 0.6 is 11.6 Å². The highest BCUT2D eigenvalue weighted by molar-refractivity contribution is 6.30. The van der Waals surface area contributed by atoms with Crippen molar-refractivity contribution >= 4 is 22.6 Å². The first-order chi connectivity index (χ1) is 9.78. The maximum Gasteiger partial charge on any atom is 0.134 e. The monoisotopic (exact) mass is 287 g/mol. The predicted octanol–water partition coefficient (Wildman–Crippen LogP) is 4.12. The number of hydrogen-bond acceptors (Lipinski definition) is 3. The van der Waals surface area contributed by atoms with E-state index in [2.05, 4.69) is 0 Å². The van der Waals surface area contributed by atoms with Crippen molar-refractivity contribution in [1.82, 2.24) is 0 Å². The molecule has 1 aromatic heterocycles. The molecule has 2 N–H and O–H groups in total. The van der Waals surface area contributed by atoms with Gasteiger partial charge < -0.3 is 14.9 Å². The second-order valence-electron chi connectivity index (χ2n) is 4.45. The SMILES string of the molecule is NCc1oc2ccccc2c1COc1cccc(Cl)c1. The molecule has 3 rings (SSSR count). The molecule has 0 fully saturated rings. The Morgan fingerprint density at radius 2 is 1.95 bits per heavy atom. The fourth-order valence-corrected chi connectivity index (χ4v) is 2.37. The third kappa shape index (κ3) is 2.50. The molecular weight excluding hydrogens is 274 g/mol. The quantitative estimate of drug-likeness (QED) is 0.785. The molecule has 0 radical (unpaired) electrons. The van der Waals surface area contributed by atoms with E-state index in [1.807, 2.05) is 42.5 Å². The molecule has 0 unspecified atom stereocenters. The molecule has 0 atom stereocenters. The zero-order valence-corrected chi connectivity index (χ0v) is 11.6. The molecule has 3 aromatic rings. The summed E-state index contributed by atoms with van der Waals surface area (Å²) < 4.78 is 11.5. The standard InChI is InChI=1S/C16H14ClNO2/c17-11-4-3-5-12(8-11)19-10-14-13-6-1-2-7-15(13)20-16(14)9-18/h1-8H,9-10,18H2. The van der Waals surface area contributed by atoms with Crippen molar-refractivity contribution in [2.45, 2.75) is 13.2 Å². The van der Waals surface area contributed by atoms with Gasteiger partial charge in [0.2, 0.25) is 0 Å². The number of para-hydroxylation sites is 1. The Morgan fingerprint density at radius 3 is 2.75 bits per heavy atom. The van der Waals surface area contributed by atoms with Crippen molar-refractivity contribution in [2.24, 2.45) is 5.73 Å². The van der Waals surface area contributed by atoms with Crippen LogP contribution in [0.2, 0.25) is 5.02 Å². The van der Waals surface area contributed by atoms with Gasteiger partial charge in [-0.05, 0) is 24.3 Å². The molecule has 2 aromatic carbocycles. The predicted molar refractivity (Wildman–Crippen MR) is 79.9 cm³/mol. The van der Waals surface area contributed by atoms with E-state index in [0.717, 1.165) is 28.0 Å². The lowest BCUT2D eigenvalue weighted by molar-refractivity contribution is 0.303. The number of fused-ring (bicyclic) bond motifs is 1. The van der Waals surface area contributed by atoms with Crippen molar-refractivity contribution in [3.8, 4) is 5.75 Å². The van der Waals surface area contributed by atoms with E-state index in [1.54, 1.807) is 6.07 Å². The molecule has 0 saturated carbocycles. The molecule has 4 heteroatoms. The molecule has 0 aliphatic heterocycles. The van der Waals surface area contributed by atoms with Gasteiger partial charge in [0, 0.05) is 16.0 Å². The molecule has 20 heavy (non-hydrogen) atoms. The van der Waals surface area contributed by atoms with E-state index in [1.165, 1.54) is 0 Å². The number of benzene rings is 2. The van der Waals surface area contributed by atoms with Gasteiger partial charge in [0.25, 0.3) is 0 Å². The number of halogens is 1. The van der Waals surface area contributed by atoms with Gasteiger partial charge in [-0.2, -0.15) is 0 Å². The van der Waals surface area contributed by atoms with Crippen LogP contribution in [0.15, 0.2) is 52.9 Å². The normalized spacial score (nSPS) is 10.9. The molecule has 0 amide bonds. The summed E-state index contributed by atoms with van der Waals surface area (Å²) >= 11 is 5.94. The van der Waals surface area contributed by atoms with Crippen LogP contribution in [-0.4, -0.2) is 0 Å². The Morgan fingerprint density at radius 1 is 1.10 bits per heavy atom. The van der Waals surface area contributed by atoms with Crippen LogP contribution in [0.25, 0.3) is 11.0 Å². The van der Waals surface area contributed by atoms with E-state index >= 15 is 0 Å². The lowest BCUT2D eigenvalue weighted by Crippen LogP contribution is -2.02. The van der Waals surface area contributed by atoms with Gasteiger partial charge in [0.15, 0.2) is 0 Å². The van der Waals surface area contributed by atoms with E-state index in [0.29, 0.717) is 18.2 Å². The Labute approximate surface area is 121 Å². The van der Waals surface area contributed by atoms with Crippen LogP contribution in [0.3, 0.4) is 0 Å². The average Bonchev–Trinajstić information content (AvgIpc) is 2.83. The Kier molecular flexibility index (Phi) is 3.63. The second-order valence-corrected chi connectivity index (χ2v) is 4.89. The van der Waals surface area contributed by atoms with Crippen molar-refractivity contribution < 1.29 is 9.15 Å². The minimum Gasteiger partial charge on any atom is -0.489 e. The van der Waals surface area contributed by atoms with Crippen LogP contribution < -0.4 is 10.5 Å². The smallest absolute Gasteiger partial charge is 0.134 e. The maximum atomic E-state index is 5.94. The fourth-order valence-electron chi connectivity index (χ4n) is 2.18. The zero-order chi connectivity index (χ0) is 13.9. The molecule has 0 saturated heterocycles. The first-order valence-electron chi connectivity index (χ1n) is 6.35. The van der Waals surface area contributed by atoms with Crippen LogP contribution in [-0.2, 0) is 13.2 Å². The highest BCUT2D eigenvalue weighted by atomic mass is 35.5. The number of furan rings is 1. The van der Waals surface area contributed by atoms with Crippen molar-refractivity contribution in [3.63, 3.8) is 0 Å². The van der Waals surface area contributed by atoms with E-state index in [9.17, 15) is 0 Å². The molecule has 1 heterocycles. The van der Waals surface area contributed by atoms with Gasteiger partial charge in [-0.25, -0.2) is 0 Å². The summed E-state index contributed by atoms with van der Waals surface area (Å²) in [5.41, 5.74) is 7.56. The number of hydrogen-bond donors (Lipinski definition) is 1. The van der Waals surface area contributed by atoms with Gasteiger partial charge in [-0.15, -0.1) is 0 Å². The summed E-state index contributed by atoms with van der Waals surface area (Å²) in [4.78, 5) is 0. The number of nitrogens with two attached hydrogens (primary N) is 1. The first kappa shape index (κ1) is 13.0. The van der Waals surface area contributed by atoms with Crippen LogP contribution in [0, 0.1) is 0 Å². The molecule has 3 nitrogen and oxygen atoms in total. The summed E-state index contributed by atoms with van der Waals surface area (Å²) in [6.07, 6.45) is 0. The second kappa shape index (κ2) is 5.57. The van der Waals surface area contributed by atoms with Crippen molar-refractivity contribution in [1.29, 1.82) is 0 Å². The van der Waals surface area contributed by atoms with Gasteiger partial charge in [-0.1, -0.05) is 35.9 Å². The fraction of sp³-hybridized carbons (Fsp3) is 0.125. The van der Waals surface area contributed by atoms with Gasteiger partial charge >= 0.3 is 0 Å². The number of rotatable bonds is 4. The third-order valence-electron chi connectivity index (χ3n) is 3.15. The van der Waals surface area contributed by atoms with E-state index in [-0.39, 0.29) is 0 Å². The Hall–Kier alpha value is -1.97. The summed E-state index contributed by atoms with van der Waals surface area (Å²) in [6.45, 7) is 0.757. The largest absolute Gasteiger partial charge is 0.489 e. The van der Waals surface area contributed by atoms with Crippen LogP contribution in [0.1, 0.15) is 11.3 Å². The van der Waals surface area contributed by atoms with Crippen molar-refractivity contribution in [2.75, 3.05) is 0 Å². The molecule has 0 aliphatic rings. The zero-order valence-electron chi connectivity index (χ0n) is 10.8. The maximum absolute atomic E-state index is 5.94. The van der Waals surface area contributed by atoms with Crippen LogP contribution in [0.5, 0.6) is 5.75 Å². The van der Waals surface area contributed by atoms with Gasteiger partial charge in [-0.3, -0.25) is 0 Å². The minimum absolute atomic E-state index is 0.350. The molecule has 0 aliphatic carbocycles. The van der Waals surface area contributed by atoms with E-state index in [4.69, 9.17) is 26.5 Å². The summed E-state index contributed by atoms with van der Waals surface area (Å²) in [7, 11) is 0. The topological polar surface area (TPSA) is 48.4 Å². The molecule has 102 valence electrons. The third-order valence-corrected chi connectivity index (χ3v) is 3.38. The molecule has 0 bridgehead atoms. The lowest BCUT2D eigenvalue weighted by Gasteiger charge is -2.06.